The molecule has 2 atom stereocenters. The van der Waals surface area contributed by atoms with Gasteiger partial charge in [0.25, 0.3) is 0 Å². The van der Waals surface area contributed by atoms with Crippen molar-refractivity contribution in [2.45, 2.75) is 25.6 Å². The fourth-order valence-corrected chi connectivity index (χ4v) is 3.81. The van der Waals surface area contributed by atoms with Gasteiger partial charge >= 0.3 is 6.18 Å². The molecule has 0 bridgehead atoms. The zero-order valence-corrected chi connectivity index (χ0v) is 14.6. The fourth-order valence-electron chi connectivity index (χ4n) is 3.81. The molecule has 1 saturated heterocycles. The first-order valence-electron chi connectivity index (χ1n) is 8.75. The summed E-state index contributed by atoms with van der Waals surface area (Å²) in [6.07, 6.45) is 1.25. The van der Waals surface area contributed by atoms with Crippen molar-refractivity contribution in [2.24, 2.45) is 5.92 Å². The van der Waals surface area contributed by atoms with E-state index in [2.05, 4.69) is 19.9 Å². The number of H-pyrrole nitrogens is 1. The van der Waals surface area contributed by atoms with Crippen LogP contribution in [0.2, 0.25) is 0 Å². The van der Waals surface area contributed by atoms with Crippen LogP contribution in [0.15, 0.2) is 24.7 Å². The van der Waals surface area contributed by atoms with E-state index >= 15 is 0 Å². The van der Waals surface area contributed by atoms with Gasteiger partial charge in [-0.2, -0.15) is 13.2 Å². The van der Waals surface area contributed by atoms with Gasteiger partial charge in [0.2, 0.25) is 5.91 Å². The van der Waals surface area contributed by atoms with Gasteiger partial charge in [-0.25, -0.2) is 9.97 Å². The largest absolute Gasteiger partial charge is 0.405 e. The van der Waals surface area contributed by atoms with E-state index in [9.17, 15) is 18.0 Å². The Morgan fingerprint density at radius 3 is 2.93 bits per heavy atom. The van der Waals surface area contributed by atoms with Crippen molar-refractivity contribution in [3.8, 4) is 0 Å². The summed E-state index contributed by atoms with van der Waals surface area (Å²) in [7, 11) is 0. The van der Waals surface area contributed by atoms with Crippen molar-refractivity contribution in [3.05, 3.63) is 30.4 Å². The van der Waals surface area contributed by atoms with E-state index in [0.29, 0.717) is 25.2 Å². The van der Waals surface area contributed by atoms with Gasteiger partial charge in [-0.05, 0) is 19.0 Å². The Morgan fingerprint density at radius 1 is 1.37 bits per heavy atom. The number of hydrogen-bond acceptors (Lipinski definition) is 4. The summed E-state index contributed by atoms with van der Waals surface area (Å²) in [5.74, 6) is -1.05. The van der Waals surface area contributed by atoms with Crippen LogP contribution in [-0.2, 0) is 4.79 Å². The van der Waals surface area contributed by atoms with Crippen LogP contribution in [0.3, 0.4) is 0 Å². The lowest BCUT2D eigenvalue weighted by atomic mass is 10.0. The quantitative estimate of drug-likeness (QED) is 0.728. The molecule has 4 rings (SSSR count). The summed E-state index contributed by atoms with van der Waals surface area (Å²) < 4.78 is 39.2. The average Bonchev–Trinajstić information content (AvgIpc) is 3.33. The molecule has 1 aliphatic heterocycles. The zero-order chi connectivity index (χ0) is 19.2. The summed E-state index contributed by atoms with van der Waals surface area (Å²) in [4.78, 5) is 26.1. The van der Waals surface area contributed by atoms with Crippen molar-refractivity contribution in [1.82, 2.24) is 29.6 Å². The number of amides is 1. The third-order valence-corrected chi connectivity index (χ3v) is 5.06. The minimum Gasteiger partial charge on any atom is -0.347 e. The predicted molar refractivity (Wildman–Crippen MR) is 92.0 cm³/mol. The molecular weight excluding hydrogens is 361 g/mol. The molecule has 3 aromatic rings. The Labute approximate surface area is 152 Å². The Balaban J connectivity index is 1.63. The number of hydrogen-bond donors (Lipinski definition) is 2. The molecule has 1 fully saturated rings. The second-order valence-corrected chi connectivity index (χ2v) is 6.72. The maximum absolute atomic E-state index is 12.4. The van der Waals surface area contributed by atoms with Crippen LogP contribution in [-0.4, -0.2) is 56.0 Å². The highest BCUT2D eigenvalue weighted by Gasteiger charge is 2.39. The number of likely N-dealkylation sites (tertiary alicyclic amines) is 1. The van der Waals surface area contributed by atoms with E-state index in [1.165, 1.54) is 0 Å². The summed E-state index contributed by atoms with van der Waals surface area (Å²) in [5.41, 5.74) is 3.20. The maximum atomic E-state index is 12.4. The molecule has 27 heavy (non-hydrogen) atoms. The lowest BCUT2D eigenvalue weighted by molar-refractivity contribution is -0.140. The van der Waals surface area contributed by atoms with E-state index in [4.69, 9.17) is 0 Å². The van der Waals surface area contributed by atoms with Gasteiger partial charge in [0.1, 0.15) is 6.54 Å². The summed E-state index contributed by atoms with van der Waals surface area (Å²) in [6, 6.07) is 1.80. The molecule has 0 aromatic carbocycles. The lowest BCUT2D eigenvalue weighted by Crippen LogP contribution is -2.38. The predicted octanol–water partition coefficient (Wildman–Crippen LogP) is 2.27. The number of aromatic amines is 1. The van der Waals surface area contributed by atoms with Gasteiger partial charge < -0.3 is 10.3 Å². The normalized spacial score (nSPS) is 21.3. The SMILES string of the molecule is CCN1CC(C(=O)NCC(F)(F)F)C[C@@H]1c1cnc2cnc3[nH]ccc3n12. The third-order valence-electron chi connectivity index (χ3n) is 5.06. The number of nitrogens with zero attached hydrogens (tertiary/aromatic N) is 4. The third kappa shape index (κ3) is 3.25. The summed E-state index contributed by atoms with van der Waals surface area (Å²) in [6.45, 7) is 1.77. The Kier molecular flexibility index (Phi) is 4.29. The van der Waals surface area contributed by atoms with Crippen molar-refractivity contribution in [2.75, 3.05) is 19.6 Å². The van der Waals surface area contributed by atoms with Gasteiger partial charge in [-0.15, -0.1) is 0 Å². The van der Waals surface area contributed by atoms with Crippen LogP contribution < -0.4 is 5.32 Å². The molecule has 144 valence electrons. The highest BCUT2D eigenvalue weighted by molar-refractivity contribution is 5.79. The Morgan fingerprint density at radius 2 is 2.19 bits per heavy atom. The van der Waals surface area contributed by atoms with Crippen LogP contribution in [0.1, 0.15) is 25.1 Å². The molecule has 0 radical (unpaired) electrons. The number of aromatic nitrogens is 4. The first-order chi connectivity index (χ1) is 12.9. The molecule has 1 amide bonds. The molecule has 7 nitrogen and oxygen atoms in total. The number of carbonyl (C=O) groups is 1. The van der Waals surface area contributed by atoms with Crippen molar-refractivity contribution >= 4 is 22.7 Å². The van der Waals surface area contributed by atoms with Gasteiger partial charge in [0.15, 0.2) is 11.3 Å². The number of nitrogens with one attached hydrogen (secondary N) is 2. The molecule has 1 unspecified atom stereocenters. The van der Waals surface area contributed by atoms with Crippen LogP contribution in [0.5, 0.6) is 0 Å². The number of carbonyl (C=O) groups excluding carboxylic acids is 1. The summed E-state index contributed by atoms with van der Waals surface area (Å²) >= 11 is 0. The molecule has 2 N–H and O–H groups in total. The minimum atomic E-state index is -4.41. The highest BCUT2D eigenvalue weighted by atomic mass is 19.4. The first kappa shape index (κ1) is 17.8. The molecule has 3 aromatic heterocycles. The molecule has 0 aliphatic carbocycles. The second-order valence-electron chi connectivity index (χ2n) is 6.72. The van der Waals surface area contributed by atoms with Crippen molar-refractivity contribution < 1.29 is 18.0 Å². The van der Waals surface area contributed by atoms with E-state index in [0.717, 1.165) is 16.9 Å². The molecule has 1 aliphatic rings. The number of fused-ring (bicyclic) bond motifs is 3. The van der Waals surface area contributed by atoms with Gasteiger partial charge in [0, 0.05) is 12.7 Å². The van der Waals surface area contributed by atoms with E-state index < -0.39 is 24.5 Å². The second kappa shape index (κ2) is 6.52. The van der Waals surface area contributed by atoms with Gasteiger partial charge in [-0.1, -0.05) is 6.92 Å². The van der Waals surface area contributed by atoms with Crippen molar-refractivity contribution in [3.63, 3.8) is 0 Å². The van der Waals surface area contributed by atoms with Crippen LogP contribution >= 0.6 is 0 Å². The number of rotatable bonds is 4. The van der Waals surface area contributed by atoms with Gasteiger partial charge in [0.05, 0.1) is 35.6 Å². The van der Waals surface area contributed by atoms with Crippen molar-refractivity contribution in [1.29, 1.82) is 0 Å². The first-order valence-corrected chi connectivity index (χ1v) is 8.75. The molecule has 0 saturated carbocycles. The van der Waals surface area contributed by atoms with Crippen LogP contribution in [0.4, 0.5) is 13.2 Å². The van der Waals surface area contributed by atoms with Crippen LogP contribution in [0.25, 0.3) is 16.8 Å². The van der Waals surface area contributed by atoms with Crippen LogP contribution in [0, 0.1) is 5.92 Å². The highest BCUT2D eigenvalue weighted by Crippen LogP contribution is 2.36. The smallest absolute Gasteiger partial charge is 0.347 e. The standard InChI is InChI=1S/C17H19F3N6O/c1-2-25-8-10(16(27)24-9-17(18,19)20)5-12(25)13-6-22-14-7-23-15-11(26(13)14)3-4-21-15/h3-4,6-7,10,12,21H,2,5,8-9H2,1H3,(H,24,27)/t10?,12-/m1/s1. The number of imidazole rings is 1. The molecule has 4 heterocycles. The number of halogens is 3. The van der Waals surface area contributed by atoms with Gasteiger partial charge in [-0.3, -0.25) is 14.1 Å². The maximum Gasteiger partial charge on any atom is 0.405 e. The summed E-state index contributed by atoms with van der Waals surface area (Å²) in [5, 5.41) is 2.01. The molecule has 10 heteroatoms. The van der Waals surface area contributed by atoms with E-state index in [1.54, 1.807) is 18.6 Å². The Hall–Kier alpha value is -2.62. The zero-order valence-electron chi connectivity index (χ0n) is 14.6. The minimum absolute atomic E-state index is 0.105. The fraction of sp³-hybridized carbons (Fsp3) is 0.471. The van der Waals surface area contributed by atoms with E-state index in [-0.39, 0.29) is 6.04 Å². The molecular formula is C17H19F3N6O. The molecule has 0 spiro atoms. The topological polar surface area (TPSA) is 78.3 Å². The number of alkyl halides is 3. The van der Waals surface area contributed by atoms with E-state index in [1.807, 2.05) is 22.7 Å². The lowest BCUT2D eigenvalue weighted by Gasteiger charge is -2.22. The monoisotopic (exact) mass is 380 g/mol. The Bertz CT molecular complexity index is 978. The average molecular weight is 380 g/mol.